The summed E-state index contributed by atoms with van der Waals surface area (Å²) in [4.78, 5) is 13.2. The average molecular weight is 285 g/mol. The maximum atomic E-state index is 12.7. The van der Waals surface area contributed by atoms with Gasteiger partial charge in [0.1, 0.15) is 18.2 Å². The van der Waals surface area contributed by atoms with E-state index in [1.807, 2.05) is 0 Å². The summed E-state index contributed by atoms with van der Waals surface area (Å²) in [6.45, 7) is -0.0167. The number of hydrogen-bond donors (Lipinski definition) is 3. The van der Waals surface area contributed by atoms with Crippen LogP contribution in [0.3, 0.4) is 0 Å². The number of aliphatic hydroxyl groups is 1. The van der Waals surface area contributed by atoms with Crippen molar-refractivity contribution >= 4 is 11.3 Å². The molecular formula is C12H12FNO4S. The summed E-state index contributed by atoms with van der Waals surface area (Å²) < 4.78 is 17.9. The molecule has 1 aromatic carbocycles. The van der Waals surface area contributed by atoms with Crippen LogP contribution in [0.4, 0.5) is 4.39 Å². The Morgan fingerprint density at radius 2 is 2.05 bits per heavy atom. The largest absolute Gasteiger partial charge is 0.494 e. The number of aromatic amines is 1. The number of thiazole rings is 1. The summed E-state index contributed by atoms with van der Waals surface area (Å²) >= 11 is 0.840. The fourth-order valence-corrected chi connectivity index (χ4v) is 2.28. The number of nitrogens with one attached hydrogen (secondary N) is 1. The molecule has 0 saturated heterocycles. The van der Waals surface area contributed by atoms with Crippen molar-refractivity contribution in [3.63, 3.8) is 0 Å². The second kappa shape index (κ2) is 5.85. The molecule has 0 bridgehead atoms. The number of aromatic hydroxyl groups is 1. The first-order valence-corrected chi connectivity index (χ1v) is 6.33. The van der Waals surface area contributed by atoms with Crippen molar-refractivity contribution in [3.05, 3.63) is 44.6 Å². The molecule has 0 spiro atoms. The molecule has 1 unspecified atom stereocenters. The second-order valence-electron chi connectivity index (χ2n) is 3.91. The molecule has 3 N–H and O–H groups in total. The lowest BCUT2D eigenvalue weighted by Crippen LogP contribution is -2.19. The molecule has 1 heterocycles. The third-order valence-corrected chi connectivity index (χ3v) is 3.27. The van der Waals surface area contributed by atoms with Gasteiger partial charge < -0.3 is 14.9 Å². The van der Waals surface area contributed by atoms with Crippen LogP contribution in [0, 0.1) is 5.82 Å². The summed E-state index contributed by atoms with van der Waals surface area (Å²) in [6, 6.07) is 5.42. The molecule has 0 radical (unpaired) electrons. The number of halogens is 1. The SMILES string of the molecule is O=c1[nH]c(O)c(CC(O)COc2ccc(F)cc2)s1. The van der Waals surface area contributed by atoms with Gasteiger partial charge in [0, 0.05) is 6.42 Å². The van der Waals surface area contributed by atoms with Gasteiger partial charge in [-0.05, 0) is 24.3 Å². The van der Waals surface area contributed by atoms with Gasteiger partial charge in [-0.1, -0.05) is 11.3 Å². The van der Waals surface area contributed by atoms with Crippen molar-refractivity contribution in [2.24, 2.45) is 0 Å². The summed E-state index contributed by atoms with van der Waals surface area (Å²) in [5, 5.41) is 19.1. The minimum atomic E-state index is -0.873. The van der Waals surface area contributed by atoms with Crippen molar-refractivity contribution in [2.75, 3.05) is 6.61 Å². The van der Waals surface area contributed by atoms with Crippen LogP contribution in [-0.2, 0) is 6.42 Å². The normalized spacial score (nSPS) is 12.3. The highest BCUT2D eigenvalue weighted by atomic mass is 32.1. The quantitative estimate of drug-likeness (QED) is 0.772. The predicted molar refractivity (Wildman–Crippen MR) is 68.2 cm³/mol. The van der Waals surface area contributed by atoms with Crippen LogP contribution in [0.25, 0.3) is 0 Å². The molecular weight excluding hydrogens is 273 g/mol. The molecule has 0 saturated carbocycles. The summed E-state index contributed by atoms with van der Waals surface area (Å²) in [5.41, 5.74) is 0. The van der Waals surface area contributed by atoms with Crippen LogP contribution in [0.1, 0.15) is 4.88 Å². The maximum absolute atomic E-state index is 12.7. The van der Waals surface area contributed by atoms with Gasteiger partial charge in [-0.3, -0.25) is 9.78 Å². The minimum Gasteiger partial charge on any atom is -0.494 e. The molecule has 0 aliphatic heterocycles. The Labute approximate surface area is 111 Å². The van der Waals surface area contributed by atoms with Gasteiger partial charge in [0.2, 0.25) is 5.88 Å². The standard InChI is InChI=1S/C12H12FNO4S/c13-7-1-3-9(4-2-7)18-6-8(15)5-10-11(16)14-12(17)19-10/h1-4,8,15-16H,5-6H2,(H,14,17). The zero-order valence-corrected chi connectivity index (χ0v) is 10.6. The number of rotatable bonds is 5. The number of hydrogen-bond acceptors (Lipinski definition) is 5. The zero-order chi connectivity index (χ0) is 13.8. The van der Waals surface area contributed by atoms with Crippen molar-refractivity contribution in [3.8, 4) is 11.6 Å². The molecule has 0 aliphatic carbocycles. The van der Waals surface area contributed by atoms with Crippen molar-refractivity contribution in [2.45, 2.75) is 12.5 Å². The summed E-state index contributed by atoms with van der Waals surface area (Å²) in [6.07, 6.45) is -0.765. The molecule has 7 heteroatoms. The third-order valence-electron chi connectivity index (χ3n) is 2.38. The van der Waals surface area contributed by atoms with Crippen LogP contribution < -0.4 is 9.61 Å². The Bertz CT molecular complexity index is 593. The minimum absolute atomic E-state index is 0.0167. The lowest BCUT2D eigenvalue weighted by Gasteiger charge is -2.11. The number of aromatic nitrogens is 1. The van der Waals surface area contributed by atoms with Gasteiger partial charge in [-0.25, -0.2) is 4.39 Å². The van der Waals surface area contributed by atoms with Gasteiger partial charge >= 0.3 is 4.87 Å². The third kappa shape index (κ3) is 3.80. The molecule has 2 aromatic rings. The van der Waals surface area contributed by atoms with Crippen LogP contribution in [-0.4, -0.2) is 27.9 Å². The lowest BCUT2D eigenvalue weighted by atomic mass is 10.2. The fraction of sp³-hybridized carbons (Fsp3) is 0.250. The second-order valence-corrected chi connectivity index (χ2v) is 4.98. The highest BCUT2D eigenvalue weighted by molar-refractivity contribution is 7.09. The Balaban J connectivity index is 1.88. The van der Waals surface area contributed by atoms with Crippen LogP contribution in [0.5, 0.6) is 11.6 Å². The smallest absolute Gasteiger partial charge is 0.307 e. The van der Waals surface area contributed by atoms with Gasteiger partial charge in [-0.2, -0.15) is 0 Å². The number of H-pyrrole nitrogens is 1. The highest BCUT2D eigenvalue weighted by Crippen LogP contribution is 2.18. The highest BCUT2D eigenvalue weighted by Gasteiger charge is 2.13. The first kappa shape index (κ1) is 13.6. The Morgan fingerprint density at radius 1 is 1.37 bits per heavy atom. The Kier molecular flexibility index (Phi) is 4.18. The van der Waals surface area contributed by atoms with E-state index in [1.54, 1.807) is 0 Å². The Hall–Kier alpha value is -1.86. The zero-order valence-electron chi connectivity index (χ0n) is 9.80. The van der Waals surface area contributed by atoms with Gasteiger partial charge in [-0.15, -0.1) is 0 Å². The first-order valence-electron chi connectivity index (χ1n) is 5.52. The van der Waals surface area contributed by atoms with E-state index in [9.17, 15) is 19.4 Å². The van der Waals surface area contributed by atoms with Crippen molar-refractivity contribution in [1.82, 2.24) is 4.98 Å². The van der Waals surface area contributed by atoms with E-state index in [0.29, 0.717) is 10.6 Å². The molecule has 1 aromatic heterocycles. The first-order chi connectivity index (χ1) is 9.04. The molecule has 5 nitrogen and oxygen atoms in total. The number of ether oxygens (including phenoxy) is 1. The molecule has 0 amide bonds. The lowest BCUT2D eigenvalue weighted by molar-refractivity contribution is 0.108. The van der Waals surface area contributed by atoms with Gasteiger partial charge in [0.25, 0.3) is 0 Å². The maximum Gasteiger partial charge on any atom is 0.307 e. The summed E-state index contributed by atoms with van der Waals surface area (Å²) in [7, 11) is 0. The van der Waals surface area contributed by atoms with Gasteiger partial charge in [0.05, 0.1) is 11.0 Å². The van der Waals surface area contributed by atoms with E-state index in [4.69, 9.17) is 4.74 Å². The van der Waals surface area contributed by atoms with E-state index in [0.717, 1.165) is 11.3 Å². The molecule has 2 rings (SSSR count). The van der Waals surface area contributed by atoms with E-state index in [2.05, 4.69) is 4.98 Å². The number of aliphatic hydroxyl groups excluding tert-OH is 1. The van der Waals surface area contributed by atoms with Crippen LogP contribution in [0.15, 0.2) is 29.1 Å². The molecule has 19 heavy (non-hydrogen) atoms. The van der Waals surface area contributed by atoms with E-state index >= 15 is 0 Å². The fourth-order valence-electron chi connectivity index (χ4n) is 1.49. The van der Waals surface area contributed by atoms with Crippen molar-refractivity contribution < 1.29 is 19.3 Å². The van der Waals surface area contributed by atoms with Crippen LogP contribution >= 0.6 is 11.3 Å². The molecule has 0 aliphatic rings. The molecule has 1 atom stereocenters. The van der Waals surface area contributed by atoms with E-state index < -0.39 is 6.10 Å². The van der Waals surface area contributed by atoms with E-state index in [1.165, 1.54) is 24.3 Å². The summed E-state index contributed by atoms with van der Waals surface area (Å²) in [5.74, 6) is -0.155. The average Bonchev–Trinajstić information content (AvgIpc) is 2.67. The van der Waals surface area contributed by atoms with Gasteiger partial charge in [0.15, 0.2) is 0 Å². The predicted octanol–water partition coefficient (Wildman–Crippen LogP) is 1.26. The Morgan fingerprint density at radius 3 is 2.63 bits per heavy atom. The van der Waals surface area contributed by atoms with Crippen molar-refractivity contribution in [1.29, 1.82) is 0 Å². The molecule has 0 fully saturated rings. The number of benzene rings is 1. The molecule has 102 valence electrons. The van der Waals surface area contributed by atoms with E-state index in [-0.39, 0.29) is 29.6 Å². The van der Waals surface area contributed by atoms with Crippen LogP contribution in [0.2, 0.25) is 0 Å². The monoisotopic (exact) mass is 285 g/mol. The topological polar surface area (TPSA) is 82.6 Å².